The van der Waals surface area contributed by atoms with Gasteiger partial charge in [0, 0.05) is 5.56 Å². The Morgan fingerprint density at radius 3 is 2.61 bits per heavy atom. The highest BCUT2D eigenvalue weighted by atomic mass is 35.5. The number of aromatic nitrogens is 2. The molecule has 0 spiro atoms. The Kier molecular flexibility index (Phi) is 3.00. The van der Waals surface area contributed by atoms with Crippen LogP contribution in [0.25, 0.3) is 11.3 Å². The Balaban J connectivity index is 2.70. The average molecular weight is 264 g/mol. The van der Waals surface area contributed by atoms with Gasteiger partial charge in [0.1, 0.15) is 23.3 Å². The van der Waals surface area contributed by atoms with Gasteiger partial charge in [-0.2, -0.15) is 10.2 Å². The average Bonchev–Trinajstić information content (AvgIpc) is 2.32. The maximum Gasteiger partial charge on any atom is 0.222 e. The van der Waals surface area contributed by atoms with Crippen LogP contribution in [-0.2, 0) is 0 Å². The molecular weight excluding hydrogens is 257 g/mol. The molecule has 1 aromatic carbocycles. The Hall–Kier alpha value is -2.39. The summed E-state index contributed by atoms with van der Waals surface area (Å²) in [5.74, 6) is -0.656. The molecule has 2 aromatic rings. The summed E-state index contributed by atoms with van der Waals surface area (Å²) in [6.07, 6.45) is 0. The van der Waals surface area contributed by atoms with Crippen LogP contribution in [0.3, 0.4) is 0 Å². The van der Waals surface area contributed by atoms with Crippen LogP contribution in [0.1, 0.15) is 5.56 Å². The van der Waals surface area contributed by atoms with Crippen molar-refractivity contribution in [3.05, 3.63) is 34.6 Å². The number of hydrogen-bond acceptors (Lipinski definition) is 5. The lowest BCUT2D eigenvalue weighted by atomic mass is 10.1. The van der Waals surface area contributed by atoms with Crippen molar-refractivity contribution in [2.75, 3.05) is 11.5 Å². The number of hydrogen-bond donors (Lipinski definition) is 2. The number of nitrogens with two attached hydrogens (primary N) is 2. The molecule has 4 N–H and O–H groups in total. The van der Waals surface area contributed by atoms with Crippen LogP contribution in [0.5, 0.6) is 0 Å². The van der Waals surface area contributed by atoms with E-state index in [0.29, 0.717) is 5.56 Å². The van der Waals surface area contributed by atoms with Gasteiger partial charge in [-0.3, -0.25) is 0 Å². The second-order valence-electron chi connectivity index (χ2n) is 3.43. The maximum atomic E-state index is 13.1. The first-order valence-electron chi connectivity index (χ1n) is 4.81. The van der Waals surface area contributed by atoms with E-state index in [1.807, 2.05) is 6.07 Å². The van der Waals surface area contributed by atoms with Crippen molar-refractivity contribution >= 4 is 23.4 Å². The zero-order chi connectivity index (χ0) is 13.3. The summed E-state index contributed by atoms with van der Waals surface area (Å²) in [5, 5.41) is 8.94. The molecule has 0 bridgehead atoms. The molecule has 0 aliphatic rings. The zero-order valence-corrected chi connectivity index (χ0v) is 9.74. The molecule has 0 atom stereocenters. The molecule has 7 heteroatoms. The summed E-state index contributed by atoms with van der Waals surface area (Å²) in [6.45, 7) is 0. The first-order valence-corrected chi connectivity index (χ1v) is 5.19. The van der Waals surface area contributed by atoms with E-state index < -0.39 is 5.82 Å². The monoisotopic (exact) mass is 263 g/mol. The fourth-order valence-electron chi connectivity index (χ4n) is 1.46. The van der Waals surface area contributed by atoms with Crippen molar-refractivity contribution in [2.24, 2.45) is 0 Å². The van der Waals surface area contributed by atoms with Crippen LogP contribution in [-0.4, -0.2) is 9.97 Å². The molecule has 5 nitrogen and oxygen atoms in total. The lowest BCUT2D eigenvalue weighted by Crippen LogP contribution is -2.05. The van der Waals surface area contributed by atoms with Crippen LogP contribution in [0, 0.1) is 17.1 Å². The number of anilines is 2. The smallest absolute Gasteiger partial charge is 0.222 e. The van der Waals surface area contributed by atoms with Crippen molar-refractivity contribution in [2.45, 2.75) is 0 Å². The van der Waals surface area contributed by atoms with Crippen LogP contribution in [0.15, 0.2) is 18.2 Å². The van der Waals surface area contributed by atoms with Crippen molar-refractivity contribution in [3.8, 4) is 17.3 Å². The van der Waals surface area contributed by atoms with Crippen molar-refractivity contribution in [3.63, 3.8) is 0 Å². The predicted molar refractivity (Wildman–Crippen MR) is 66.0 cm³/mol. The van der Waals surface area contributed by atoms with Gasteiger partial charge in [-0.1, -0.05) is 11.6 Å². The molecule has 0 saturated heterocycles. The molecule has 0 aliphatic carbocycles. The first kappa shape index (κ1) is 12.1. The van der Waals surface area contributed by atoms with Gasteiger partial charge in [-0.15, -0.1) is 0 Å². The number of halogens is 2. The minimum Gasteiger partial charge on any atom is -0.382 e. The number of nitrogens with zero attached hydrogens (tertiary/aromatic N) is 3. The topological polar surface area (TPSA) is 102 Å². The molecule has 0 fully saturated rings. The van der Waals surface area contributed by atoms with Crippen LogP contribution in [0.2, 0.25) is 5.02 Å². The molecule has 0 amide bonds. The van der Waals surface area contributed by atoms with E-state index in [0.717, 1.165) is 0 Å². The number of nitrogen functional groups attached to an aromatic ring is 2. The molecule has 0 radical (unpaired) electrons. The highest BCUT2D eigenvalue weighted by molar-refractivity contribution is 6.31. The normalized spacial score (nSPS) is 10.1. The first-order chi connectivity index (χ1) is 8.52. The van der Waals surface area contributed by atoms with Gasteiger partial charge < -0.3 is 11.5 Å². The highest BCUT2D eigenvalue weighted by Crippen LogP contribution is 2.28. The van der Waals surface area contributed by atoms with E-state index in [1.165, 1.54) is 18.2 Å². The summed E-state index contributed by atoms with van der Waals surface area (Å²) in [6, 6.07) is 5.84. The third kappa shape index (κ3) is 2.04. The largest absolute Gasteiger partial charge is 0.382 e. The zero-order valence-electron chi connectivity index (χ0n) is 8.98. The lowest BCUT2D eigenvalue weighted by Gasteiger charge is -2.07. The fourth-order valence-corrected chi connectivity index (χ4v) is 1.64. The van der Waals surface area contributed by atoms with Crippen LogP contribution >= 0.6 is 11.6 Å². The van der Waals surface area contributed by atoms with Crippen molar-refractivity contribution < 1.29 is 4.39 Å². The molecule has 1 aromatic heterocycles. The van der Waals surface area contributed by atoms with E-state index in [1.54, 1.807) is 0 Å². The second-order valence-corrected chi connectivity index (χ2v) is 3.84. The van der Waals surface area contributed by atoms with E-state index in [4.69, 9.17) is 28.3 Å². The Bertz CT molecular complexity index is 665. The van der Waals surface area contributed by atoms with Gasteiger partial charge in [0.15, 0.2) is 0 Å². The van der Waals surface area contributed by atoms with Gasteiger partial charge in [-0.05, 0) is 18.2 Å². The van der Waals surface area contributed by atoms with E-state index >= 15 is 0 Å². The third-order valence-electron chi connectivity index (χ3n) is 2.26. The lowest BCUT2D eigenvalue weighted by molar-refractivity contribution is 0.628. The Morgan fingerprint density at radius 2 is 2.00 bits per heavy atom. The van der Waals surface area contributed by atoms with Crippen LogP contribution in [0.4, 0.5) is 16.2 Å². The summed E-state index contributed by atoms with van der Waals surface area (Å²) in [4.78, 5) is 7.61. The number of benzene rings is 1. The molecule has 0 aliphatic heterocycles. The van der Waals surface area contributed by atoms with E-state index in [2.05, 4.69) is 9.97 Å². The van der Waals surface area contributed by atoms with Crippen LogP contribution < -0.4 is 11.5 Å². The van der Waals surface area contributed by atoms with Gasteiger partial charge in [0.25, 0.3) is 0 Å². The second kappa shape index (κ2) is 4.47. The summed E-state index contributed by atoms with van der Waals surface area (Å²) in [7, 11) is 0. The number of nitriles is 1. The SMILES string of the molecule is N#Cc1c(N)nc(N)nc1-c1ccc(F)c(Cl)c1. The Labute approximate surface area is 107 Å². The van der Waals surface area contributed by atoms with E-state index in [-0.39, 0.29) is 28.0 Å². The summed E-state index contributed by atoms with van der Waals surface area (Å²) >= 11 is 5.68. The summed E-state index contributed by atoms with van der Waals surface area (Å²) < 4.78 is 13.1. The van der Waals surface area contributed by atoms with Crippen molar-refractivity contribution in [1.29, 1.82) is 5.26 Å². The van der Waals surface area contributed by atoms with Gasteiger partial charge in [0.05, 0.1) is 10.7 Å². The standard InChI is InChI=1S/C11H7ClFN5/c12-7-3-5(1-2-8(7)13)9-6(4-14)10(15)18-11(16)17-9/h1-3H,(H4,15,16,17,18). The molecule has 2 rings (SSSR count). The quantitative estimate of drug-likeness (QED) is 0.819. The molecule has 0 saturated carbocycles. The summed E-state index contributed by atoms with van der Waals surface area (Å²) in [5.41, 5.74) is 11.8. The predicted octanol–water partition coefficient (Wildman–Crippen LogP) is 1.97. The maximum absolute atomic E-state index is 13.1. The fraction of sp³-hybridized carbons (Fsp3) is 0. The minimum atomic E-state index is -0.561. The number of rotatable bonds is 1. The minimum absolute atomic E-state index is 0.0274. The molecule has 0 unspecified atom stereocenters. The van der Waals surface area contributed by atoms with Gasteiger partial charge >= 0.3 is 0 Å². The van der Waals surface area contributed by atoms with Crippen molar-refractivity contribution in [1.82, 2.24) is 9.97 Å². The van der Waals surface area contributed by atoms with E-state index in [9.17, 15) is 4.39 Å². The molecule has 90 valence electrons. The third-order valence-corrected chi connectivity index (χ3v) is 2.55. The molecule has 18 heavy (non-hydrogen) atoms. The highest BCUT2D eigenvalue weighted by Gasteiger charge is 2.14. The van der Waals surface area contributed by atoms with Gasteiger partial charge in [0.2, 0.25) is 5.95 Å². The molecule has 1 heterocycles. The molecular formula is C11H7ClFN5. The van der Waals surface area contributed by atoms with Gasteiger partial charge in [-0.25, -0.2) is 9.37 Å². The Morgan fingerprint density at radius 1 is 1.28 bits per heavy atom.